The van der Waals surface area contributed by atoms with Gasteiger partial charge in [-0.1, -0.05) is 35.5 Å². The topological polar surface area (TPSA) is 96.9 Å². The van der Waals surface area contributed by atoms with Crippen LogP contribution in [0.3, 0.4) is 0 Å². The van der Waals surface area contributed by atoms with Gasteiger partial charge in [0.2, 0.25) is 0 Å². The molecule has 1 rings (SSSR count). The first-order chi connectivity index (χ1) is 9.31. The third-order valence-electron chi connectivity index (χ3n) is 2.45. The van der Waals surface area contributed by atoms with Gasteiger partial charge >= 0.3 is 6.09 Å². The summed E-state index contributed by atoms with van der Waals surface area (Å²) in [5.74, 6) is -0.0697. The van der Waals surface area contributed by atoms with Crippen LogP contribution in [-0.4, -0.2) is 28.8 Å². The number of ether oxygens (including phenoxy) is 1. The van der Waals surface area contributed by atoms with Crippen molar-refractivity contribution < 1.29 is 14.7 Å². The molecule has 0 spiro atoms. The second kappa shape index (κ2) is 6.79. The van der Waals surface area contributed by atoms with E-state index in [-0.39, 0.29) is 5.84 Å². The number of carbonyl (C=O) groups excluding carboxylic acids is 1. The van der Waals surface area contributed by atoms with Gasteiger partial charge in [-0.2, -0.15) is 0 Å². The zero-order valence-corrected chi connectivity index (χ0v) is 12.0. The minimum atomic E-state index is -0.628. The molecule has 0 radical (unpaired) electrons. The predicted molar refractivity (Wildman–Crippen MR) is 76.7 cm³/mol. The highest BCUT2D eigenvalue weighted by atomic mass is 16.6. The number of oxime groups is 1. The van der Waals surface area contributed by atoms with Crippen LogP contribution in [0.5, 0.6) is 0 Å². The van der Waals surface area contributed by atoms with Gasteiger partial charge in [0, 0.05) is 6.42 Å². The Kier molecular flexibility index (Phi) is 5.37. The Morgan fingerprint density at radius 3 is 2.50 bits per heavy atom. The molecule has 110 valence electrons. The molecule has 1 amide bonds. The van der Waals surface area contributed by atoms with E-state index >= 15 is 0 Å². The van der Waals surface area contributed by atoms with E-state index in [9.17, 15) is 4.79 Å². The average molecular weight is 279 g/mol. The van der Waals surface area contributed by atoms with Gasteiger partial charge in [0.05, 0.1) is 6.04 Å². The quantitative estimate of drug-likeness (QED) is 0.339. The first-order valence-electron chi connectivity index (χ1n) is 6.32. The number of rotatable bonds is 4. The molecule has 1 aromatic rings. The fraction of sp³-hybridized carbons (Fsp3) is 0.429. The van der Waals surface area contributed by atoms with Crippen molar-refractivity contribution in [2.75, 3.05) is 0 Å². The van der Waals surface area contributed by atoms with E-state index in [1.54, 1.807) is 20.8 Å². The van der Waals surface area contributed by atoms with Crippen molar-refractivity contribution >= 4 is 11.9 Å². The number of carbonyl (C=O) groups is 1. The highest BCUT2D eigenvalue weighted by molar-refractivity contribution is 5.88. The highest BCUT2D eigenvalue weighted by Crippen LogP contribution is 2.08. The van der Waals surface area contributed by atoms with E-state index in [1.165, 1.54) is 0 Å². The smallest absolute Gasteiger partial charge is 0.408 e. The van der Waals surface area contributed by atoms with Crippen molar-refractivity contribution in [3.05, 3.63) is 35.9 Å². The molecule has 6 heteroatoms. The fourth-order valence-electron chi connectivity index (χ4n) is 1.60. The summed E-state index contributed by atoms with van der Waals surface area (Å²) < 4.78 is 5.16. The van der Waals surface area contributed by atoms with Crippen LogP contribution >= 0.6 is 0 Å². The number of nitrogens with zero attached hydrogens (tertiary/aromatic N) is 1. The Morgan fingerprint density at radius 1 is 1.40 bits per heavy atom. The molecule has 4 N–H and O–H groups in total. The van der Waals surface area contributed by atoms with E-state index < -0.39 is 17.7 Å². The van der Waals surface area contributed by atoms with Crippen LogP contribution in [0.1, 0.15) is 26.3 Å². The largest absolute Gasteiger partial charge is 0.444 e. The zero-order valence-electron chi connectivity index (χ0n) is 12.0. The van der Waals surface area contributed by atoms with Gasteiger partial charge in [0.1, 0.15) is 5.60 Å². The van der Waals surface area contributed by atoms with Gasteiger partial charge in [0.25, 0.3) is 0 Å². The Morgan fingerprint density at radius 2 is 2.00 bits per heavy atom. The van der Waals surface area contributed by atoms with Gasteiger partial charge in [-0.25, -0.2) is 4.79 Å². The van der Waals surface area contributed by atoms with E-state index in [0.29, 0.717) is 6.42 Å². The summed E-state index contributed by atoms with van der Waals surface area (Å²) in [6.45, 7) is 5.30. The molecule has 0 saturated heterocycles. The van der Waals surface area contributed by atoms with Crippen molar-refractivity contribution in [3.63, 3.8) is 0 Å². The molecule has 6 nitrogen and oxygen atoms in total. The predicted octanol–water partition coefficient (Wildman–Crippen LogP) is 1.87. The van der Waals surface area contributed by atoms with Crippen LogP contribution < -0.4 is 11.1 Å². The summed E-state index contributed by atoms with van der Waals surface area (Å²) in [6.07, 6.45) is -0.194. The average Bonchev–Trinajstić information content (AvgIpc) is 2.36. The zero-order chi connectivity index (χ0) is 15.2. The maximum atomic E-state index is 11.8. The van der Waals surface area contributed by atoms with Gasteiger partial charge in [-0.3, -0.25) is 0 Å². The normalized spacial score (nSPS) is 13.7. The second-order valence-electron chi connectivity index (χ2n) is 5.41. The molecule has 0 aliphatic rings. The lowest BCUT2D eigenvalue weighted by Crippen LogP contribution is -2.47. The van der Waals surface area contributed by atoms with Crippen molar-refractivity contribution in [1.82, 2.24) is 5.32 Å². The minimum Gasteiger partial charge on any atom is -0.444 e. The lowest BCUT2D eigenvalue weighted by atomic mass is 10.1. The summed E-state index contributed by atoms with van der Waals surface area (Å²) in [5.41, 5.74) is 5.96. The van der Waals surface area contributed by atoms with Gasteiger partial charge in [0.15, 0.2) is 5.84 Å². The third kappa shape index (κ3) is 5.60. The molecule has 0 saturated carbocycles. The molecule has 0 heterocycles. The lowest BCUT2D eigenvalue weighted by molar-refractivity contribution is 0.0517. The molecule has 0 aliphatic heterocycles. The third-order valence-corrected chi connectivity index (χ3v) is 2.45. The molecular formula is C14H21N3O3. The summed E-state index contributed by atoms with van der Waals surface area (Å²) in [5, 5.41) is 14.4. The van der Waals surface area contributed by atoms with E-state index in [0.717, 1.165) is 5.56 Å². The lowest BCUT2D eigenvalue weighted by Gasteiger charge is -2.23. The first kappa shape index (κ1) is 15.8. The van der Waals surface area contributed by atoms with Crippen molar-refractivity contribution in [1.29, 1.82) is 0 Å². The standard InChI is InChI=1S/C14H21N3O3/c1-14(2,3)20-13(18)16-11(12(15)17-19)9-10-7-5-4-6-8-10/h4-8,11,19H,9H2,1-3H3,(H2,15,17)(H,16,18). The molecule has 20 heavy (non-hydrogen) atoms. The van der Waals surface area contributed by atoms with Gasteiger partial charge in [-0.05, 0) is 26.3 Å². The number of benzene rings is 1. The van der Waals surface area contributed by atoms with Crippen molar-refractivity contribution in [3.8, 4) is 0 Å². The molecule has 1 unspecified atom stereocenters. The molecule has 0 fully saturated rings. The van der Waals surface area contributed by atoms with Crippen LogP contribution in [0.25, 0.3) is 0 Å². The maximum absolute atomic E-state index is 11.8. The Bertz CT molecular complexity index is 466. The number of amides is 1. The summed E-state index contributed by atoms with van der Waals surface area (Å²) in [6, 6.07) is 8.82. The number of nitrogens with two attached hydrogens (primary N) is 1. The summed E-state index contributed by atoms with van der Waals surface area (Å²) >= 11 is 0. The Balaban J connectivity index is 2.73. The monoisotopic (exact) mass is 279 g/mol. The fourth-order valence-corrected chi connectivity index (χ4v) is 1.60. The molecule has 1 aromatic carbocycles. The molecule has 0 aliphatic carbocycles. The second-order valence-corrected chi connectivity index (χ2v) is 5.41. The minimum absolute atomic E-state index is 0.0697. The van der Waals surface area contributed by atoms with Crippen molar-refractivity contribution in [2.24, 2.45) is 10.9 Å². The van der Waals surface area contributed by atoms with E-state index in [4.69, 9.17) is 15.7 Å². The summed E-state index contributed by atoms with van der Waals surface area (Å²) in [7, 11) is 0. The van der Waals surface area contributed by atoms with Crippen molar-refractivity contribution in [2.45, 2.75) is 38.8 Å². The highest BCUT2D eigenvalue weighted by Gasteiger charge is 2.22. The SMILES string of the molecule is CC(C)(C)OC(=O)NC(Cc1ccccc1)/C(N)=N/O. The molecule has 0 aromatic heterocycles. The number of hydrogen-bond donors (Lipinski definition) is 3. The van der Waals surface area contributed by atoms with Gasteiger partial charge in [-0.15, -0.1) is 0 Å². The molecule has 0 bridgehead atoms. The van der Waals surface area contributed by atoms with Crippen LogP contribution in [0.2, 0.25) is 0 Å². The summed E-state index contributed by atoms with van der Waals surface area (Å²) in [4.78, 5) is 11.8. The number of amidine groups is 1. The van der Waals surface area contributed by atoms with Crippen LogP contribution in [0.15, 0.2) is 35.5 Å². The molecular weight excluding hydrogens is 258 g/mol. The van der Waals surface area contributed by atoms with E-state index in [2.05, 4.69) is 10.5 Å². The van der Waals surface area contributed by atoms with Crippen LogP contribution in [0.4, 0.5) is 4.79 Å². The molecule has 1 atom stereocenters. The van der Waals surface area contributed by atoms with Crippen LogP contribution in [-0.2, 0) is 11.2 Å². The maximum Gasteiger partial charge on any atom is 0.408 e. The Labute approximate surface area is 118 Å². The van der Waals surface area contributed by atoms with Crippen LogP contribution in [0, 0.1) is 0 Å². The van der Waals surface area contributed by atoms with Gasteiger partial charge < -0.3 is 21.0 Å². The first-order valence-corrected chi connectivity index (χ1v) is 6.32. The number of alkyl carbamates (subject to hydrolysis) is 1. The number of nitrogens with one attached hydrogen (secondary N) is 1. The number of hydrogen-bond acceptors (Lipinski definition) is 4. The Hall–Kier alpha value is -2.24. The van der Waals surface area contributed by atoms with E-state index in [1.807, 2.05) is 30.3 Å².